The molecule has 0 bridgehead atoms. The summed E-state index contributed by atoms with van der Waals surface area (Å²) in [6, 6.07) is 11.4. The van der Waals surface area contributed by atoms with Crippen molar-refractivity contribution < 1.29 is 9.47 Å². The van der Waals surface area contributed by atoms with Crippen LogP contribution in [0.5, 0.6) is 0 Å². The first kappa shape index (κ1) is 14.5. The normalized spacial score (nSPS) is 15.5. The molecular weight excluding hydrogens is 280 g/mol. The zero-order valence-corrected chi connectivity index (χ0v) is 12.3. The quantitative estimate of drug-likeness (QED) is 0.924. The number of aromatic nitrogens is 1. The van der Waals surface area contributed by atoms with Crippen LogP contribution in [0.25, 0.3) is 11.1 Å². The van der Waals surface area contributed by atoms with Crippen molar-refractivity contribution in [2.75, 3.05) is 13.2 Å². The highest BCUT2D eigenvalue weighted by Gasteiger charge is 2.17. The standard InChI is InChI=1S/C17H16N2O3/c1-11-9-14(15(10-18)16(20)19-11)12-3-5-13(6-4-12)17-21-7-2-8-22-17/h3-6,9,17H,2,7-8H2,1H3,(H,19,20). The zero-order valence-electron chi connectivity index (χ0n) is 12.3. The van der Waals surface area contributed by atoms with Crippen LogP contribution in [0, 0.1) is 18.3 Å². The van der Waals surface area contributed by atoms with Crippen molar-refractivity contribution in [1.29, 1.82) is 5.26 Å². The van der Waals surface area contributed by atoms with Gasteiger partial charge >= 0.3 is 0 Å². The summed E-state index contributed by atoms with van der Waals surface area (Å²) in [4.78, 5) is 14.5. The molecule has 0 radical (unpaired) electrons. The second-order valence-corrected chi connectivity index (χ2v) is 5.23. The number of aryl methyl sites for hydroxylation is 1. The summed E-state index contributed by atoms with van der Waals surface area (Å²) >= 11 is 0. The summed E-state index contributed by atoms with van der Waals surface area (Å²) < 4.78 is 11.1. The lowest BCUT2D eigenvalue weighted by atomic mass is 10.00. The smallest absolute Gasteiger partial charge is 0.266 e. The molecule has 0 saturated carbocycles. The molecule has 1 aliphatic rings. The van der Waals surface area contributed by atoms with Crippen molar-refractivity contribution in [3.63, 3.8) is 0 Å². The molecule has 5 nitrogen and oxygen atoms in total. The molecule has 1 aromatic heterocycles. The molecule has 0 spiro atoms. The molecule has 0 amide bonds. The van der Waals surface area contributed by atoms with Gasteiger partial charge in [0.05, 0.1) is 13.2 Å². The lowest BCUT2D eigenvalue weighted by Gasteiger charge is -2.23. The monoisotopic (exact) mass is 296 g/mol. The first-order valence-corrected chi connectivity index (χ1v) is 7.16. The summed E-state index contributed by atoms with van der Waals surface area (Å²) in [6.07, 6.45) is 0.575. The third-order valence-corrected chi connectivity index (χ3v) is 3.60. The van der Waals surface area contributed by atoms with Crippen molar-refractivity contribution >= 4 is 0 Å². The topological polar surface area (TPSA) is 75.1 Å². The second-order valence-electron chi connectivity index (χ2n) is 5.23. The van der Waals surface area contributed by atoms with E-state index in [2.05, 4.69) is 4.98 Å². The third-order valence-electron chi connectivity index (χ3n) is 3.60. The highest BCUT2D eigenvalue weighted by Crippen LogP contribution is 2.27. The molecule has 0 unspecified atom stereocenters. The fourth-order valence-electron chi connectivity index (χ4n) is 2.53. The first-order valence-electron chi connectivity index (χ1n) is 7.16. The number of aromatic amines is 1. The van der Waals surface area contributed by atoms with Gasteiger partial charge in [-0.3, -0.25) is 4.79 Å². The predicted molar refractivity (Wildman–Crippen MR) is 81.2 cm³/mol. The van der Waals surface area contributed by atoms with E-state index < -0.39 is 0 Å². The van der Waals surface area contributed by atoms with E-state index in [4.69, 9.17) is 9.47 Å². The SMILES string of the molecule is Cc1cc(-c2ccc(C3OCCCO3)cc2)c(C#N)c(=O)[nH]1. The average Bonchev–Trinajstić information content (AvgIpc) is 2.55. The number of hydrogen-bond acceptors (Lipinski definition) is 4. The summed E-state index contributed by atoms with van der Waals surface area (Å²) in [6.45, 7) is 3.18. The Balaban J connectivity index is 1.97. The van der Waals surface area contributed by atoms with E-state index in [1.165, 1.54) is 0 Å². The lowest BCUT2D eigenvalue weighted by molar-refractivity contribution is -0.183. The van der Waals surface area contributed by atoms with Gasteiger partial charge in [0.25, 0.3) is 5.56 Å². The third kappa shape index (κ3) is 2.80. The minimum atomic E-state index is -0.361. The summed E-state index contributed by atoms with van der Waals surface area (Å²) in [7, 11) is 0. The molecule has 5 heteroatoms. The maximum absolute atomic E-state index is 11.9. The Kier molecular flexibility index (Phi) is 4.05. The minimum Gasteiger partial charge on any atom is -0.348 e. The number of ether oxygens (including phenoxy) is 2. The van der Waals surface area contributed by atoms with Crippen molar-refractivity contribution in [1.82, 2.24) is 4.98 Å². The maximum Gasteiger partial charge on any atom is 0.266 e. The highest BCUT2D eigenvalue weighted by molar-refractivity contribution is 5.70. The number of H-pyrrole nitrogens is 1. The van der Waals surface area contributed by atoms with Crippen molar-refractivity contribution in [2.45, 2.75) is 19.6 Å². The van der Waals surface area contributed by atoms with Gasteiger partial charge in [-0.25, -0.2) is 0 Å². The number of nitrogens with zero attached hydrogens (tertiary/aromatic N) is 1. The fraction of sp³-hybridized carbons (Fsp3) is 0.294. The van der Waals surface area contributed by atoms with Crippen LogP contribution in [-0.4, -0.2) is 18.2 Å². The summed E-state index contributed by atoms with van der Waals surface area (Å²) in [5.74, 6) is 0. The Labute approximate surface area is 128 Å². The van der Waals surface area contributed by atoms with Crippen molar-refractivity contribution in [3.8, 4) is 17.2 Å². The Morgan fingerprint density at radius 3 is 2.55 bits per heavy atom. The molecule has 2 aromatic rings. The van der Waals surface area contributed by atoms with E-state index in [0.717, 1.165) is 23.2 Å². The number of hydrogen-bond donors (Lipinski definition) is 1. The van der Waals surface area contributed by atoms with E-state index in [0.29, 0.717) is 18.8 Å². The molecule has 1 N–H and O–H groups in total. The number of benzene rings is 1. The van der Waals surface area contributed by atoms with Crippen LogP contribution < -0.4 is 5.56 Å². The average molecular weight is 296 g/mol. The van der Waals surface area contributed by atoms with Crippen LogP contribution in [0.3, 0.4) is 0 Å². The van der Waals surface area contributed by atoms with E-state index in [1.54, 1.807) is 6.92 Å². The second kappa shape index (κ2) is 6.14. The molecular formula is C17H16N2O3. The summed E-state index contributed by atoms with van der Waals surface area (Å²) in [5.41, 5.74) is 2.89. The van der Waals surface area contributed by atoms with Gasteiger partial charge in [0.15, 0.2) is 6.29 Å². The maximum atomic E-state index is 11.9. The van der Waals surface area contributed by atoms with Crippen LogP contribution in [0.4, 0.5) is 0 Å². The van der Waals surface area contributed by atoms with Crippen LogP contribution in [0.2, 0.25) is 0 Å². The van der Waals surface area contributed by atoms with Crippen LogP contribution in [0.1, 0.15) is 29.5 Å². The highest BCUT2D eigenvalue weighted by atomic mass is 16.7. The van der Waals surface area contributed by atoms with E-state index in [-0.39, 0.29) is 17.4 Å². The molecule has 1 fully saturated rings. The molecule has 3 rings (SSSR count). The summed E-state index contributed by atoms with van der Waals surface area (Å²) in [5, 5.41) is 9.20. The molecule has 112 valence electrons. The van der Waals surface area contributed by atoms with Crippen molar-refractivity contribution in [2.24, 2.45) is 0 Å². The zero-order chi connectivity index (χ0) is 15.5. The predicted octanol–water partition coefficient (Wildman–Crippen LogP) is 2.66. The van der Waals surface area contributed by atoms with Crippen molar-refractivity contribution in [3.05, 3.63) is 57.5 Å². The lowest BCUT2D eigenvalue weighted by Crippen LogP contribution is -2.17. The minimum absolute atomic E-state index is 0.128. The Morgan fingerprint density at radius 2 is 1.91 bits per heavy atom. The Morgan fingerprint density at radius 1 is 1.23 bits per heavy atom. The molecule has 1 aliphatic heterocycles. The van der Waals surface area contributed by atoms with Crippen LogP contribution >= 0.6 is 0 Å². The molecule has 1 saturated heterocycles. The molecule has 0 aliphatic carbocycles. The van der Waals surface area contributed by atoms with Gasteiger partial charge in [-0.15, -0.1) is 0 Å². The van der Waals surface area contributed by atoms with Gasteiger partial charge in [0.1, 0.15) is 11.6 Å². The fourth-order valence-corrected chi connectivity index (χ4v) is 2.53. The van der Waals surface area contributed by atoms with Gasteiger partial charge < -0.3 is 14.5 Å². The van der Waals surface area contributed by atoms with Gasteiger partial charge in [0.2, 0.25) is 0 Å². The van der Waals surface area contributed by atoms with E-state index in [9.17, 15) is 10.1 Å². The van der Waals surface area contributed by atoms with Crippen LogP contribution in [0.15, 0.2) is 35.1 Å². The van der Waals surface area contributed by atoms with E-state index >= 15 is 0 Å². The first-order chi connectivity index (χ1) is 10.7. The number of nitrogens with one attached hydrogen (secondary N) is 1. The molecule has 1 aromatic carbocycles. The van der Waals surface area contributed by atoms with Gasteiger partial charge in [-0.05, 0) is 25.0 Å². The number of pyridine rings is 1. The van der Waals surface area contributed by atoms with Gasteiger partial charge in [-0.2, -0.15) is 5.26 Å². The molecule has 22 heavy (non-hydrogen) atoms. The van der Waals surface area contributed by atoms with E-state index in [1.807, 2.05) is 36.4 Å². The Hall–Kier alpha value is -2.42. The number of nitriles is 1. The molecule has 2 heterocycles. The number of rotatable bonds is 2. The Bertz CT molecular complexity index is 766. The van der Waals surface area contributed by atoms with Gasteiger partial charge in [0, 0.05) is 16.8 Å². The largest absolute Gasteiger partial charge is 0.348 e. The van der Waals surface area contributed by atoms with Gasteiger partial charge in [-0.1, -0.05) is 24.3 Å². The molecule has 0 atom stereocenters. The van der Waals surface area contributed by atoms with Crippen LogP contribution in [-0.2, 0) is 9.47 Å².